The largest absolute Gasteiger partial charge is 0.444 e. The number of hydrogen-bond acceptors (Lipinski definition) is 5. The molecule has 1 aromatic carbocycles. The lowest BCUT2D eigenvalue weighted by Crippen LogP contribution is -2.49. The number of amides is 3. The van der Waals surface area contributed by atoms with Crippen molar-refractivity contribution in [3.8, 4) is 5.69 Å². The number of rotatable bonds is 4. The summed E-state index contributed by atoms with van der Waals surface area (Å²) in [5.41, 5.74) is -0.149. The number of benzene rings is 1. The number of hydrogen-bond donors (Lipinski definition) is 1. The molecule has 1 aliphatic rings. The summed E-state index contributed by atoms with van der Waals surface area (Å²) in [7, 11) is 0. The summed E-state index contributed by atoms with van der Waals surface area (Å²) < 4.78 is 47.1. The zero-order chi connectivity index (χ0) is 26.0. The zero-order valence-electron chi connectivity index (χ0n) is 19.9. The number of ether oxygens (including phenoxy) is 1. The van der Waals surface area contributed by atoms with Crippen LogP contribution in [0.3, 0.4) is 0 Å². The van der Waals surface area contributed by atoms with Gasteiger partial charge < -0.3 is 9.64 Å². The molecule has 0 aliphatic carbocycles. The molecule has 0 bridgehead atoms. The third-order valence-corrected chi connectivity index (χ3v) is 5.26. The first-order valence-electron chi connectivity index (χ1n) is 11.1. The number of nitrogens with one attached hydrogen (secondary N) is 1. The van der Waals surface area contributed by atoms with Gasteiger partial charge in [-0.2, -0.15) is 18.3 Å². The van der Waals surface area contributed by atoms with Crippen LogP contribution in [0.2, 0.25) is 0 Å². The molecule has 0 radical (unpaired) electrons. The normalized spacial score (nSPS) is 16.2. The van der Waals surface area contributed by atoms with E-state index in [4.69, 9.17) is 4.74 Å². The predicted molar refractivity (Wildman–Crippen MR) is 119 cm³/mol. The minimum Gasteiger partial charge on any atom is -0.444 e. The first-order chi connectivity index (χ1) is 16.3. The Balaban J connectivity index is 1.74. The van der Waals surface area contributed by atoms with Gasteiger partial charge in [-0.3, -0.25) is 20.0 Å². The number of alkyl halides is 3. The maximum atomic E-state index is 13.6. The lowest BCUT2D eigenvalue weighted by molar-refractivity contribution is -0.141. The van der Waals surface area contributed by atoms with Crippen molar-refractivity contribution in [1.29, 1.82) is 0 Å². The van der Waals surface area contributed by atoms with Crippen molar-refractivity contribution in [1.82, 2.24) is 25.1 Å². The molecule has 1 fully saturated rings. The van der Waals surface area contributed by atoms with Gasteiger partial charge in [0.25, 0.3) is 5.91 Å². The number of para-hydroxylation sites is 1. The molecule has 3 amide bonds. The van der Waals surface area contributed by atoms with Crippen LogP contribution < -0.4 is 5.43 Å². The van der Waals surface area contributed by atoms with Crippen molar-refractivity contribution in [2.45, 2.75) is 45.9 Å². The summed E-state index contributed by atoms with van der Waals surface area (Å²) in [6.45, 7) is 7.16. The van der Waals surface area contributed by atoms with Crippen LogP contribution in [0, 0.1) is 5.92 Å². The van der Waals surface area contributed by atoms with Gasteiger partial charge in [-0.15, -0.1) is 0 Å². The molecule has 9 nitrogen and oxygen atoms in total. The summed E-state index contributed by atoms with van der Waals surface area (Å²) in [5, 5.41) is 4.52. The van der Waals surface area contributed by atoms with Crippen LogP contribution in [-0.4, -0.2) is 62.8 Å². The Morgan fingerprint density at radius 3 is 2.40 bits per heavy atom. The van der Waals surface area contributed by atoms with Crippen LogP contribution in [0.4, 0.5) is 18.0 Å². The third kappa shape index (κ3) is 6.31. The van der Waals surface area contributed by atoms with Crippen LogP contribution in [0.5, 0.6) is 0 Å². The van der Waals surface area contributed by atoms with Gasteiger partial charge in [0.1, 0.15) is 5.60 Å². The lowest BCUT2D eigenvalue weighted by Gasteiger charge is -2.26. The van der Waals surface area contributed by atoms with Crippen LogP contribution in [0.25, 0.3) is 5.69 Å². The van der Waals surface area contributed by atoms with Gasteiger partial charge in [-0.25, -0.2) is 9.48 Å². The highest BCUT2D eigenvalue weighted by atomic mass is 19.4. The molecule has 35 heavy (non-hydrogen) atoms. The molecule has 1 atom stereocenters. The monoisotopic (exact) mass is 495 g/mol. The van der Waals surface area contributed by atoms with Crippen LogP contribution in [-0.2, 0) is 15.7 Å². The third-order valence-electron chi connectivity index (χ3n) is 5.26. The Kier molecular flexibility index (Phi) is 7.41. The lowest BCUT2D eigenvalue weighted by atomic mass is 10.1. The summed E-state index contributed by atoms with van der Waals surface area (Å²) in [4.78, 5) is 39.5. The topological polar surface area (TPSA) is 96.8 Å². The quantitative estimate of drug-likeness (QED) is 0.654. The van der Waals surface area contributed by atoms with Gasteiger partial charge >= 0.3 is 12.3 Å². The smallest absolute Gasteiger partial charge is 0.435 e. The van der Waals surface area contributed by atoms with Crippen LogP contribution >= 0.6 is 0 Å². The molecular weight excluding hydrogens is 467 g/mol. The second kappa shape index (κ2) is 9.96. The van der Waals surface area contributed by atoms with E-state index in [0.29, 0.717) is 18.7 Å². The summed E-state index contributed by atoms with van der Waals surface area (Å²) in [6.07, 6.45) is -4.12. The Hall–Kier alpha value is -3.57. The minimum absolute atomic E-state index is 0.0156. The van der Waals surface area contributed by atoms with Crippen molar-refractivity contribution < 1.29 is 32.3 Å². The first-order valence-corrected chi connectivity index (χ1v) is 11.1. The maximum absolute atomic E-state index is 13.6. The second-order valence-electron chi connectivity index (χ2n) is 9.10. The SMILES string of the molecule is CCN(NC(=O)c1cn(-c2ccccc2)nc1C(F)(F)F)C(=O)C1CCN(C(=O)OC(C)(C)C)C1. The maximum Gasteiger partial charge on any atom is 0.435 e. The highest BCUT2D eigenvalue weighted by Gasteiger charge is 2.40. The average Bonchev–Trinajstić information content (AvgIpc) is 3.44. The molecule has 1 N–H and O–H groups in total. The number of hydrazine groups is 1. The van der Waals surface area contributed by atoms with Crippen molar-refractivity contribution in [3.63, 3.8) is 0 Å². The van der Waals surface area contributed by atoms with Crippen LogP contribution in [0.1, 0.15) is 50.2 Å². The number of aromatic nitrogens is 2. The fourth-order valence-corrected chi connectivity index (χ4v) is 3.61. The molecule has 12 heteroatoms. The standard InChI is InChI=1S/C23H28F3N5O4/c1-5-30(20(33)15-11-12-29(13-15)21(34)35-22(2,3)4)28-19(32)17-14-31(16-9-7-6-8-10-16)27-18(17)23(24,25)26/h6-10,14-15H,5,11-13H2,1-4H3,(H,28,32). The molecule has 0 saturated carbocycles. The van der Waals surface area contributed by atoms with Crippen molar-refractivity contribution in [2.24, 2.45) is 5.92 Å². The van der Waals surface area contributed by atoms with E-state index in [1.54, 1.807) is 58.0 Å². The predicted octanol–water partition coefficient (Wildman–Crippen LogP) is 3.64. The fraction of sp³-hybridized carbons (Fsp3) is 0.478. The highest BCUT2D eigenvalue weighted by Crippen LogP contribution is 2.31. The van der Waals surface area contributed by atoms with E-state index in [9.17, 15) is 27.6 Å². The second-order valence-corrected chi connectivity index (χ2v) is 9.10. The Morgan fingerprint density at radius 1 is 1.17 bits per heavy atom. The summed E-state index contributed by atoms with van der Waals surface area (Å²) in [5.74, 6) is -2.25. The molecule has 190 valence electrons. The molecular formula is C23H28F3N5O4. The first kappa shape index (κ1) is 26.0. The minimum atomic E-state index is -4.88. The van der Waals surface area contributed by atoms with Crippen molar-refractivity contribution >= 4 is 17.9 Å². The molecule has 1 aliphatic heterocycles. The Bertz CT molecular complexity index is 1080. The summed E-state index contributed by atoms with van der Waals surface area (Å²) in [6, 6.07) is 8.05. The van der Waals surface area contributed by atoms with E-state index in [2.05, 4.69) is 10.5 Å². The van der Waals surface area contributed by atoms with E-state index in [1.807, 2.05) is 0 Å². The van der Waals surface area contributed by atoms with Gasteiger partial charge in [0.15, 0.2) is 5.69 Å². The van der Waals surface area contributed by atoms with E-state index in [-0.39, 0.29) is 13.1 Å². The van der Waals surface area contributed by atoms with E-state index < -0.39 is 46.9 Å². The molecule has 1 unspecified atom stereocenters. The van der Waals surface area contributed by atoms with E-state index >= 15 is 0 Å². The fourth-order valence-electron chi connectivity index (χ4n) is 3.61. The van der Waals surface area contributed by atoms with Gasteiger partial charge in [0, 0.05) is 25.8 Å². The van der Waals surface area contributed by atoms with Gasteiger partial charge in [-0.1, -0.05) is 18.2 Å². The zero-order valence-corrected chi connectivity index (χ0v) is 19.9. The van der Waals surface area contributed by atoms with Gasteiger partial charge in [-0.05, 0) is 46.2 Å². The van der Waals surface area contributed by atoms with E-state index in [1.165, 1.54) is 4.90 Å². The molecule has 1 aromatic heterocycles. The van der Waals surface area contributed by atoms with Gasteiger partial charge in [0.2, 0.25) is 5.91 Å². The molecule has 0 spiro atoms. The Morgan fingerprint density at radius 2 is 1.83 bits per heavy atom. The Labute approximate surface area is 200 Å². The molecule has 1 saturated heterocycles. The summed E-state index contributed by atoms with van der Waals surface area (Å²) >= 11 is 0. The number of carbonyl (C=O) groups is 3. The molecule has 2 aromatic rings. The number of halogens is 3. The van der Waals surface area contributed by atoms with Gasteiger partial charge in [0.05, 0.1) is 17.2 Å². The van der Waals surface area contributed by atoms with Crippen LogP contribution in [0.15, 0.2) is 36.5 Å². The molecule has 2 heterocycles. The van der Waals surface area contributed by atoms with Crippen molar-refractivity contribution in [2.75, 3.05) is 19.6 Å². The number of nitrogens with zero attached hydrogens (tertiary/aromatic N) is 4. The number of likely N-dealkylation sites (tertiary alicyclic amines) is 1. The highest BCUT2D eigenvalue weighted by molar-refractivity contribution is 5.96. The molecule has 3 rings (SSSR count). The number of carbonyl (C=O) groups excluding carboxylic acids is 3. The average molecular weight is 496 g/mol. The van der Waals surface area contributed by atoms with E-state index in [0.717, 1.165) is 15.9 Å². The van der Waals surface area contributed by atoms with Crippen molar-refractivity contribution in [3.05, 3.63) is 47.8 Å².